The minimum atomic E-state index is -4.75. The van der Waals surface area contributed by atoms with E-state index in [1.54, 1.807) is 10.6 Å². The molecule has 2 aliphatic rings. The third kappa shape index (κ3) is 7.35. The number of imidazole rings is 1. The van der Waals surface area contributed by atoms with Gasteiger partial charge in [0.25, 0.3) is 0 Å². The smallest absolute Gasteiger partial charge is 0.347 e. The third-order valence-corrected chi connectivity index (χ3v) is 7.19. The molecule has 220 valence electrons. The van der Waals surface area contributed by atoms with Gasteiger partial charge in [0.05, 0.1) is 12.9 Å². The molecule has 5 rings (SSSR count). The molecule has 1 aromatic carbocycles. The van der Waals surface area contributed by atoms with E-state index in [4.69, 9.17) is 18.7 Å². The molecule has 14 nitrogen and oxygen atoms in total. The lowest BCUT2D eigenvalue weighted by atomic mass is 10.1. The lowest BCUT2D eigenvalue weighted by Crippen LogP contribution is -2.31. The monoisotopic (exact) mass is 588 g/mol. The van der Waals surface area contributed by atoms with Crippen LogP contribution < -0.4 is 10.6 Å². The van der Waals surface area contributed by atoms with E-state index in [1.807, 2.05) is 36.4 Å². The molecule has 4 heterocycles. The van der Waals surface area contributed by atoms with Crippen LogP contribution in [-0.4, -0.2) is 73.1 Å². The minimum absolute atomic E-state index is 0.225. The SMILES string of the molecule is CCCCCCNC(=O)Nc1ncnc2c1ncn2[C@@H]1O[C@H](COP(=O)(O)O)[C@H]2OC(/C=C/c3ccccc3)O[C@H]21. The number of nitrogens with zero attached hydrogens (tertiary/aromatic N) is 4. The Labute approximate surface area is 236 Å². The van der Waals surface area contributed by atoms with Gasteiger partial charge in [-0.05, 0) is 18.1 Å². The van der Waals surface area contributed by atoms with Gasteiger partial charge in [-0.1, -0.05) is 62.6 Å². The number of hydrogen-bond acceptors (Lipinski definition) is 9. The standard InChI is InChI=1S/C26H33N6O8P/c1-2-3-4-8-13-27-26(33)31-23-20-24(29-15-28-23)32(16-30-20)25-22-21(18(38-25)14-37-41(34,35)36)39-19(40-22)12-11-17-9-6-5-7-10-17/h5-7,9-12,15-16,18-19,21-22,25H,2-4,8,13-14H2,1H3,(H2,34,35,36)(H2,27,28,29,31,33)/b12-11+/t18-,19?,21-,22-,25-/m1/s1. The number of carbonyl (C=O) groups is 1. The van der Waals surface area contributed by atoms with E-state index < -0.39 is 51.3 Å². The van der Waals surface area contributed by atoms with Crippen molar-refractivity contribution in [1.82, 2.24) is 24.8 Å². The molecule has 41 heavy (non-hydrogen) atoms. The van der Waals surface area contributed by atoms with Gasteiger partial charge in [0.15, 0.2) is 29.5 Å². The molecule has 4 N–H and O–H groups in total. The average molecular weight is 589 g/mol. The fourth-order valence-electron chi connectivity index (χ4n) is 4.77. The number of aromatic nitrogens is 4. The van der Waals surface area contributed by atoms with E-state index in [0.29, 0.717) is 17.7 Å². The Morgan fingerprint density at radius 2 is 1.90 bits per heavy atom. The first-order chi connectivity index (χ1) is 19.8. The van der Waals surface area contributed by atoms with Gasteiger partial charge in [0.2, 0.25) is 0 Å². The first-order valence-electron chi connectivity index (χ1n) is 13.4. The Morgan fingerprint density at radius 1 is 1.10 bits per heavy atom. The molecule has 2 amide bonds. The maximum Gasteiger partial charge on any atom is 0.469 e. The number of amides is 2. The number of phosphoric ester groups is 1. The summed E-state index contributed by atoms with van der Waals surface area (Å²) in [7, 11) is -4.75. The highest BCUT2D eigenvalue weighted by atomic mass is 31.2. The lowest BCUT2D eigenvalue weighted by Gasteiger charge is -2.20. The summed E-state index contributed by atoms with van der Waals surface area (Å²) in [5.41, 5.74) is 1.65. The number of urea groups is 1. The largest absolute Gasteiger partial charge is 0.469 e. The fraction of sp³-hybridized carbons (Fsp3) is 0.462. The van der Waals surface area contributed by atoms with E-state index in [9.17, 15) is 19.1 Å². The van der Waals surface area contributed by atoms with E-state index >= 15 is 0 Å². The van der Waals surface area contributed by atoms with Crippen LogP contribution in [-0.2, 0) is 23.3 Å². The van der Waals surface area contributed by atoms with Gasteiger partial charge in [0, 0.05) is 6.54 Å². The van der Waals surface area contributed by atoms with E-state index in [0.717, 1.165) is 31.2 Å². The topological polar surface area (TPSA) is 179 Å². The summed E-state index contributed by atoms with van der Waals surface area (Å²) >= 11 is 0. The molecular formula is C26H33N6O8P. The summed E-state index contributed by atoms with van der Waals surface area (Å²) in [5, 5.41) is 5.54. The van der Waals surface area contributed by atoms with Crippen molar-refractivity contribution in [3.8, 4) is 0 Å². The molecule has 0 aliphatic carbocycles. The molecule has 2 saturated heterocycles. The van der Waals surface area contributed by atoms with Crippen molar-refractivity contribution in [1.29, 1.82) is 0 Å². The minimum Gasteiger partial charge on any atom is -0.347 e. The van der Waals surface area contributed by atoms with Crippen molar-refractivity contribution in [3.05, 3.63) is 54.6 Å². The van der Waals surface area contributed by atoms with E-state index in [2.05, 4.69) is 32.5 Å². The molecule has 0 spiro atoms. The van der Waals surface area contributed by atoms with Crippen LogP contribution in [0.4, 0.5) is 10.6 Å². The molecule has 2 aromatic heterocycles. The second-order valence-electron chi connectivity index (χ2n) is 9.68. The van der Waals surface area contributed by atoms with Crippen LogP contribution in [0.1, 0.15) is 44.4 Å². The van der Waals surface area contributed by atoms with Crippen LogP contribution in [0.2, 0.25) is 0 Å². The molecule has 2 fully saturated rings. The van der Waals surface area contributed by atoms with Crippen molar-refractivity contribution >= 4 is 36.9 Å². The summed E-state index contributed by atoms with van der Waals surface area (Å²) in [4.78, 5) is 43.8. The number of rotatable bonds is 12. The van der Waals surface area contributed by atoms with Gasteiger partial charge in [0.1, 0.15) is 24.6 Å². The van der Waals surface area contributed by atoms with Crippen molar-refractivity contribution in [2.75, 3.05) is 18.5 Å². The molecule has 1 unspecified atom stereocenters. The van der Waals surface area contributed by atoms with Crippen LogP contribution >= 0.6 is 7.82 Å². The van der Waals surface area contributed by atoms with Crippen LogP contribution in [0.15, 0.2) is 49.1 Å². The number of anilines is 1. The zero-order valence-electron chi connectivity index (χ0n) is 22.4. The predicted octanol–water partition coefficient (Wildman–Crippen LogP) is 3.36. The Balaban J connectivity index is 1.33. The zero-order valence-corrected chi connectivity index (χ0v) is 23.3. The number of benzene rings is 1. The second-order valence-corrected chi connectivity index (χ2v) is 10.9. The van der Waals surface area contributed by atoms with Crippen LogP contribution in [0.25, 0.3) is 17.2 Å². The second kappa shape index (κ2) is 13.2. The van der Waals surface area contributed by atoms with Crippen LogP contribution in [0, 0.1) is 0 Å². The van der Waals surface area contributed by atoms with Crippen LogP contribution in [0.5, 0.6) is 0 Å². The Hall–Kier alpha value is -3.23. The number of ether oxygens (including phenoxy) is 3. The van der Waals surface area contributed by atoms with Crippen molar-refractivity contribution in [2.45, 2.75) is 63.4 Å². The average Bonchev–Trinajstić information content (AvgIpc) is 3.65. The van der Waals surface area contributed by atoms with Crippen molar-refractivity contribution in [3.63, 3.8) is 0 Å². The molecule has 0 bridgehead atoms. The molecule has 0 radical (unpaired) electrons. The molecule has 5 atom stereocenters. The molecular weight excluding hydrogens is 555 g/mol. The highest BCUT2D eigenvalue weighted by Crippen LogP contribution is 2.43. The van der Waals surface area contributed by atoms with Gasteiger partial charge in [-0.2, -0.15) is 0 Å². The van der Waals surface area contributed by atoms with Crippen molar-refractivity contribution < 1.29 is 37.9 Å². The van der Waals surface area contributed by atoms with E-state index in [-0.39, 0.29) is 5.82 Å². The van der Waals surface area contributed by atoms with Gasteiger partial charge >= 0.3 is 13.9 Å². The number of fused-ring (bicyclic) bond motifs is 2. The number of phosphoric acid groups is 1. The summed E-state index contributed by atoms with van der Waals surface area (Å²) in [5.74, 6) is 0.225. The Bertz CT molecular complexity index is 1400. The summed E-state index contributed by atoms with van der Waals surface area (Å²) in [6, 6.07) is 9.21. The van der Waals surface area contributed by atoms with Crippen LogP contribution in [0.3, 0.4) is 0 Å². The van der Waals surface area contributed by atoms with E-state index in [1.165, 1.54) is 12.7 Å². The van der Waals surface area contributed by atoms with Gasteiger partial charge in [-0.25, -0.2) is 24.3 Å². The molecule has 3 aromatic rings. The summed E-state index contributed by atoms with van der Waals surface area (Å²) < 4.78 is 36.1. The normalized spacial score (nSPS) is 24.2. The summed E-state index contributed by atoms with van der Waals surface area (Å²) in [6.07, 6.45) is 6.74. The molecule has 15 heteroatoms. The number of hydrogen-bond donors (Lipinski definition) is 4. The fourth-order valence-corrected chi connectivity index (χ4v) is 5.11. The van der Waals surface area contributed by atoms with Gasteiger partial charge in [-0.15, -0.1) is 0 Å². The molecule has 2 aliphatic heterocycles. The third-order valence-electron chi connectivity index (χ3n) is 6.70. The maximum atomic E-state index is 12.4. The highest BCUT2D eigenvalue weighted by molar-refractivity contribution is 7.46. The maximum absolute atomic E-state index is 12.4. The van der Waals surface area contributed by atoms with Gasteiger partial charge < -0.3 is 29.3 Å². The summed E-state index contributed by atoms with van der Waals surface area (Å²) in [6.45, 7) is 2.25. The quantitative estimate of drug-likeness (QED) is 0.180. The first kappa shape index (κ1) is 29.3. The number of carbonyl (C=O) groups excluding carboxylic acids is 1. The lowest BCUT2D eigenvalue weighted by molar-refractivity contribution is -0.132. The Kier molecular flexibility index (Phi) is 9.40. The van der Waals surface area contributed by atoms with Crippen molar-refractivity contribution in [2.24, 2.45) is 0 Å². The molecule has 0 saturated carbocycles. The first-order valence-corrected chi connectivity index (χ1v) is 15.0. The predicted molar refractivity (Wildman–Crippen MR) is 147 cm³/mol. The highest BCUT2D eigenvalue weighted by Gasteiger charge is 2.53. The number of unbranched alkanes of at least 4 members (excludes halogenated alkanes) is 3. The number of nitrogens with one attached hydrogen (secondary N) is 2. The van der Waals surface area contributed by atoms with Gasteiger partial charge in [-0.3, -0.25) is 14.4 Å². The Morgan fingerprint density at radius 3 is 2.68 bits per heavy atom. The zero-order chi connectivity index (χ0) is 28.8.